The van der Waals surface area contributed by atoms with Crippen molar-refractivity contribution in [1.82, 2.24) is 0 Å². The molecule has 0 heterocycles. The monoisotopic (exact) mass is 279 g/mol. The number of aliphatic carboxylic acids is 1. The van der Waals surface area contributed by atoms with E-state index in [4.69, 9.17) is 9.84 Å². The Bertz CT molecular complexity index is 453. The van der Waals surface area contributed by atoms with Gasteiger partial charge < -0.3 is 9.84 Å². The van der Waals surface area contributed by atoms with Gasteiger partial charge >= 0.3 is 12.1 Å². The van der Waals surface area contributed by atoms with Crippen molar-refractivity contribution in [2.24, 2.45) is 5.92 Å². The van der Waals surface area contributed by atoms with Gasteiger partial charge in [0.15, 0.2) is 0 Å². The molecule has 0 aromatic heterocycles. The molecule has 0 spiro atoms. The predicted molar refractivity (Wildman–Crippen MR) is 77.0 cm³/mol. The van der Waals surface area contributed by atoms with E-state index in [-0.39, 0.29) is 18.9 Å². The fourth-order valence-electron chi connectivity index (χ4n) is 1.57. The SMILES string of the molecule is Cc1ccc(N(CCC(=O)O)C(=O)OCC(C)C)cc1. The summed E-state index contributed by atoms with van der Waals surface area (Å²) in [5.74, 6) is -0.711. The van der Waals surface area contributed by atoms with Crippen LogP contribution in [0.25, 0.3) is 0 Å². The minimum Gasteiger partial charge on any atom is -0.481 e. The quantitative estimate of drug-likeness (QED) is 0.869. The van der Waals surface area contributed by atoms with E-state index in [1.807, 2.05) is 32.9 Å². The molecule has 1 N–H and O–H groups in total. The highest BCUT2D eigenvalue weighted by molar-refractivity contribution is 5.88. The van der Waals surface area contributed by atoms with Gasteiger partial charge in [-0.15, -0.1) is 0 Å². The Morgan fingerprint density at radius 2 is 1.85 bits per heavy atom. The molecule has 1 amide bonds. The Hall–Kier alpha value is -2.04. The summed E-state index contributed by atoms with van der Waals surface area (Å²) < 4.78 is 5.18. The number of carboxylic acid groups (broad SMARTS) is 1. The van der Waals surface area contributed by atoms with Crippen LogP contribution >= 0.6 is 0 Å². The van der Waals surface area contributed by atoms with Crippen LogP contribution in [0.4, 0.5) is 10.5 Å². The van der Waals surface area contributed by atoms with Gasteiger partial charge in [0.2, 0.25) is 0 Å². The number of carbonyl (C=O) groups is 2. The fraction of sp³-hybridized carbons (Fsp3) is 0.467. The molecule has 0 radical (unpaired) electrons. The third-order valence-corrected chi connectivity index (χ3v) is 2.66. The molecule has 1 aromatic carbocycles. The summed E-state index contributed by atoms with van der Waals surface area (Å²) in [5.41, 5.74) is 1.72. The molecule has 0 bridgehead atoms. The predicted octanol–water partition coefficient (Wildman–Crippen LogP) is 3.07. The molecule has 110 valence electrons. The van der Waals surface area contributed by atoms with E-state index in [0.29, 0.717) is 12.3 Å². The van der Waals surface area contributed by atoms with E-state index in [1.54, 1.807) is 12.1 Å². The summed E-state index contributed by atoms with van der Waals surface area (Å²) in [6, 6.07) is 7.32. The molecule has 0 fully saturated rings. The van der Waals surface area contributed by atoms with Gasteiger partial charge in [0, 0.05) is 12.2 Å². The van der Waals surface area contributed by atoms with E-state index in [1.165, 1.54) is 4.90 Å². The Labute approximate surface area is 119 Å². The molecule has 1 rings (SSSR count). The number of carboxylic acids is 1. The summed E-state index contributed by atoms with van der Waals surface area (Å²) in [5, 5.41) is 8.77. The number of aryl methyl sites for hydroxylation is 1. The highest BCUT2D eigenvalue weighted by Gasteiger charge is 2.18. The van der Waals surface area contributed by atoms with Crippen LogP contribution in [0, 0.1) is 12.8 Å². The number of carbonyl (C=O) groups excluding carboxylic acids is 1. The normalized spacial score (nSPS) is 10.4. The largest absolute Gasteiger partial charge is 0.481 e. The Kier molecular flexibility index (Phi) is 6.03. The summed E-state index contributed by atoms with van der Waals surface area (Å²) in [7, 11) is 0. The molecule has 0 atom stereocenters. The zero-order valence-corrected chi connectivity index (χ0v) is 12.1. The van der Waals surface area contributed by atoms with E-state index in [2.05, 4.69) is 0 Å². The molecular formula is C15H21NO4. The number of ether oxygens (including phenoxy) is 1. The van der Waals surface area contributed by atoms with Crippen LogP contribution in [-0.4, -0.2) is 30.3 Å². The molecule has 0 aliphatic heterocycles. The molecule has 0 saturated heterocycles. The average molecular weight is 279 g/mol. The van der Waals surface area contributed by atoms with Crippen molar-refractivity contribution in [2.45, 2.75) is 27.2 Å². The second-order valence-corrected chi connectivity index (χ2v) is 5.10. The van der Waals surface area contributed by atoms with Gasteiger partial charge in [-0.2, -0.15) is 0 Å². The molecule has 20 heavy (non-hydrogen) atoms. The van der Waals surface area contributed by atoms with Crippen molar-refractivity contribution in [2.75, 3.05) is 18.1 Å². The van der Waals surface area contributed by atoms with E-state index < -0.39 is 12.1 Å². The van der Waals surface area contributed by atoms with E-state index >= 15 is 0 Å². The number of benzene rings is 1. The lowest BCUT2D eigenvalue weighted by Crippen LogP contribution is -2.34. The molecule has 0 aliphatic rings. The van der Waals surface area contributed by atoms with Gasteiger partial charge in [-0.05, 0) is 25.0 Å². The first kappa shape index (κ1) is 16.0. The minimum atomic E-state index is -0.946. The van der Waals surface area contributed by atoms with Crippen LogP contribution in [0.2, 0.25) is 0 Å². The second-order valence-electron chi connectivity index (χ2n) is 5.10. The van der Waals surface area contributed by atoms with Crippen LogP contribution in [0.15, 0.2) is 24.3 Å². The maximum absolute atomic E-state index is 12.1. The highest BCUT2D eigenvalue weighted by Crippen LogP contribution is 2.17. The van der Waals surface area contributed by atoms with Gasteiger partial charge in [-0.3, -0.25) is 9.69 Å². The zero-order valence-electron chi connectivity index (χ0n) is 12.1. The van der Waals surface area contributed by atoms with Gasteiger partial charge in [0.05, 0.1) is 13.0 Å². The maximum atomic E-state index is 12.1. The van der Waals surface area contributed by atoms with Crippen molar-refractivity contribution in [1.29, 1.82) is 0 Å². The van der Waals surface area contributed by atoms with Gasteiger partial charge in [-0.1, -0.05) is 31.5 Å². The van der Waals surface area contributed by atoms with Gasteiger partial charge in [0.1, 0.15) is 0 Å². The van der Waals surface area contributed by atoms with Crippen LogP contribution in [0.5, 0.6) is 0 Å². The number of anilines is 1. The van der Waals surface area contributed by atoms with Crippen LogP contribution < -0.4 is 4.90 Å². The van der Waals surface area contributed by atoms with E-state index in [9.17, 15) is 9.59 Å². The summed E-state index contributed by atoms with van der Waals surface area (Å²) >= 11 is 0. The van der Waals surface area contributed by atoms with Crippen molar-refractivity contribution in [3.05, 3.63) is 29.8 Å². The topological polar surface area (TPSA) is 66.8 Å². The van der Waals surface area contributed by atoms with Crippen molar-refractivity contribution < 1.29 is 19.4 Å². The lowest BCUT2D eigenvalue weighted by Gasteiger charge is -2.22. The average Bonchev–Trinajstić information content (AvgIpc) is 2.38. The van der Waals surface area contributed by atoms with Crippen molar-refractivity contribution in [3.63, 3.8) is 0 Å². The number of amides is 1. The third kappa shape index (κ3) is 5.30. The maximum Gasteiger partial charge on any atom is 0.414 e. The van der Waals surface area contributed by atoms with Crippen LogP contribution in [0.1, 0.15) is 25.8 Å². The minimum absolute atomic E-state index is 0.0926. The smallest absolute Gasteiger partial charge is 0.414 e. The summed E-state index contributed by atoms with van der Waals surface area (Å²) in [4.78, 5) is 24.1. The molecule has 0 unspecified atom stereocenters. The number of hydrogen-bond acceptors (Lipinski definition) is 3. The van der Waals surface area contributed by atoms with Gasteiger partial charge in [-0.25, -0.2) is 4.79 Å². The first-order valence-corrected chi connectivity index (χ1v) is 6.63. The molecule has 5 nitrogen and oxygen atoms in total. The van der Waals surface area contributed by atoms with E-state index in [0.717, 1.165) is 5.56 Å². The number of nitrogens with zero attached hydrogens (tertiary/aromatic N) is 1. The van der Waals surface area contributed by atoms with Crippen LogP contribution in [0.3, 0.4) is 0 Å². The Morgan fingerprint density at radius 3 is 2.35 bits per heavy atom. The molecule has 0 aliphatic carbocycles. The molecule has 5 heteroatoms. The molecule has 1 aromatic rings. The lowest BCUT2D eigenvalue weighted by atomic mass is 10.2. The second kappa shape index (κ2) is 7.53. The summed E-state index contributed by atoms with van der Waals surface area (Å²) in [6.45, 7) is 6.24. The zero-order chi connectivity index (χ0) is 15.1. The highest BCUT2D eigenvalue weighted by atomic mass is 16.6. The van der Waals surface area contributed by atoms with Crippen molar-refractivity contribution in [3.8, 4) is 0 Å². The Morgan fingerprint density at radius 1 is 1.25 bits per heavy atom. The van der Waals surface area contributed by atoms with Crippen molar-refractivity contribution >= 4 is 17.7 Å². The standard InChI is InChI=1S/C15H21NO4/c1-11(2)10-20-15(19)16(9-8-14(17)18)13-6-4-12(3)5-7-13/h4-7,11H,8-10H2,1-3H3,(H,17,18). The summed E-state index contributed by atoms with van der Waals surface area (Å²) in [6.07, 6.45) is -0.631. The van der Waals surface area contributed by atoms with Gasteiger partial charge in [0.25, 0.3) is 0 Å². The lowest BCUT2D eigenvalue weighted by molar-refractivity contribution is -0.136. The molecule has 0 saturated carbocycles. The fourth-order valence-corrected chi connectivity index (χ4v) is 1.57. The Balaban J connectivity index is 2.81. The number of rotatable bonds is 6. The molecular weight excluding hydrogens is 258 g/mol. The number of hydrogen-bond donors (Lipinski definition) is 1. The third-order valence-electron chi connectivity index (χ3n) is 2.66. The van der Waals surface area contributed by atoms with Crippen LogP contribution in [-0.2, 0) is 9.53 Å². The first-order valence-electron chi connectivity index (χ1n) is 6.63. The first-order chi connectivity index (χ1) is 9.40.